The Balaban J connectivity index is 1.77. The molecule has 2 aromatic heterocycles. The fraction of sp³-hybridized carbons (Fsp3) is 0.381. The Morgan fingerprint density at radius 1 is 1.29 bits per heavy atom. The van der Waals surface area contributed by atoms with Crippen molar-refractivity contribution in [3.05, 3.63) is 53.1 Å². The Bertz CT molecular complexity index is 984. The number of nitrogens with one attached hydrogen (secondary N) is 1. The van der Waals surface area contributed by atoms with Crippen LogP contribution in [0.25, 0.3) is 16.9 Å². The van der Waals surface area contributed by atoms with Crippen LogP contribution in [0.1, 0.15) is 29.8 Å². The van der Waals surface area contributed by atoms with Gasteiger partial charge in [-0.15, -0.1) is 0 Å². The number of hydrogen-bond donors (Lipinski definition) is 1. The van der Waals surface area contributed by atoms with Crippen molar-refractivity contribution >= 4 is 11.6 Å². The highest BCUT2D eigenvalue weighted by molar-refractivity contribution is 5.76. The smallest absolute Gasteiger partial charge is 0.220 e. The first kappa shape index (κ1) is 19.9. The third-order valence-electron chi connectivity index (χ3n) is 4.73. The molecular formula is C21H25FN4O2. The SMILES string of the molecule is COCCCNC(=O)CCc1c(C)nc2cc(-c3cccc(F)c3)nn2c1C. The summed E-state index contributed by atoms with van der Waals surface area (Å²) in [6, 6.07) is 8.20. The summed E-state index contributed by atoms with van der Waals surface area (Å²) >= 11 is 0. The summed E-state index contributed by atoms with van der Waals surface area (Å²) in [5.41, 5.74) is 4.91. The zero-order valence-electron chi connectivity index (χ0n) is 16.5. The van der Waals surface area contributed by atoms with Gasteiger partial charge in [-0.05, 0) is 44.4 Å². The van der Waals surface area contributed by atoms with Crippen molar-refractivity contribution in [1.82, 2.24) is 19.9 Å². The molecule has 148 valence electrons. The maximum absolute atomic E-state index is 13.5. The van der Waals surface area contributed by atoms with Gasteiger partial charge in [0.2, 0.25) is 5.91 Å². The molecule has 0 spiro atoms. The molecule has 0 unspecified atom stereocenters. The van der Waals surface area contributed by atoms with Gasteiger partial charge in [-0.1, -0.05) is 12.1 Å². The number of halogens is 1. The van der Waals surface area contributed by atoms with E-state index in [1.54, 1.807) is 17.7 Å². The van der Waals surface area contributed by atoms with Gasteiger partial charge in [0.25, 0.3) is 0 Å². The molecule has 0 aliphatic carbocycles. The van der Waals surface area contributed by atoms with Crippen LogP contribution in [0.4, 0.5) is 4.39 Å². The van der Waals surface area contributed by atoms with Crippen molar-refractivity contribution in [2.24, 2.45) is 0 Å². The van der Waals surface area contributed by atoms with E-state index >= 15 is 0 Å². The Hall–Kier alpha value is -2.80. The molecule has 3 rings (SSSR count). The van der Waals surface area contributed by atoms with Crippen molar-refractivity contribution in [2.75, 3.05) is 20.3 Å². The van der Waals surface area contributed by atoms with Gasteiger partial charge in [0.15, 0.2) is 5.65 Å². The highest BCUT2D eigenvalue weighted by Gasteiger charge is 2.14. The van der Waals surface area contributed by atoms with Crippen LogP contribution in [-0.4, -0.2) is 40.8 Å². The number of hydrogen-bond acceptors (Lipinski definition) is 4. The molecule has 0 saturated carbocycles. The Labute approximate surface area is 163 Å². The molecule has 28 heavy (non-hydrogen) atoms. The van der Waals surface area contributed by atoms with Gasteiger partial charge in [0.05, 0.1) is 5.69 Å². The van der Waals surface area contributed by atoms with E-state index in [-0.39, 0.29) is 11.7 Å². The van der Waals surface area contributed by atoms with Crippen LogP contribution < -0.4 is 5.32 Å². The van der Waals surface area contributed by atoms with Crippen molar-refractivity contribution < 1.29 is 13.9 Å². The lowest BCUT2D eigenvalue weighted by Gasteiger charge is -2.11. The zero-order chi connectivity index (χ0) is 20.1. The van der Waals surface area contributed by atoms with Crippen molar-refractivity contribution in [1.29, 1.82) is 0 Å². The van der Waals surface area contributed by atoms with Gasteiger partial charge in [-0.2, -0.15) is 5.10 Å². The minimum absolute atomic E-state index is 0.0101. The molecule has 1 amide bonds. The van der Waals surface area contributed by atoms with Crippen LogP contribution in [0, 0.1) is 19.7 Å². The molecule has 2 heterocycles. The minimum Gasteiger partial charge on any atom is -0.385 e. The van der Waals surface area contributed by atoms with Crippen molar-refractivity contribution in [3.63, 3.8) is 0 Å². The number of carbonyl (C=O) groups excluding carboxylic acids is 1. The number of ether oxygens (including phenoxy) is 1. The molecule has 1 aromatic carbocycles. The number of nitrogens with zero attached hydrogens (tertiary/aromatic N) is 3. The maximum atomic E-state index is 13.5. The predicted octanol–water partition coefficient (Wildman–Crippen LogP) is 3.24. The number of fused-ring (bicyclic) bond motifs is 1. The molecule has 3 aromatic rings. The topological polar surface area (TPSA) is 68.5 Å². The van der Waals surface area contributed by atoms with Crippen molar-refractivity contribution in [2.45, 2.75) is 33.1 Å². The summed E-state index contributed by atoms with van der Waals surface area (Å²) in [6.07, 6.45) is 1.77. The van der Waals surface area contributed by atoms with Crippen LogP contribution >= 0.6 is 0 Å². The average Bonchev–Trinajstić information content (AvgIpc) is 3.09. The first-order chi connectivity index (χ1) is 13.5. The van der Waals surface area contributed by atoms with Crippen LogP contribution in [0.15, 0.2) is 30.3 Å². The largest absolute Gasteiger partial charge is 0.385 e. The van der Waals surface area contributed by atoms with Crippen LogP contribution in [0.2, 0.25) is 0 Å². The summed E-state index contributed by atoms with van der Waals surface area (Å²) in [5, 5.41) is 7.49. The first-order valence-electron chi connectivity index (χ1n) is 9.37. The lowest BCUT2D eigenvalue weighted by Crippen LogP contribution is -2.25. The zero-order valence-corrected chi connectivity index (χ0v) is 16.5. The Morgan fingerprint density at radius 2 is 2.11 bits per heavy atom. The van der Waals surface area contributed by atoms with Gasteiger partial charge in [0, 0.05) is 49.7 Å². The van der Waals surface area contributed by atoms with Gasteiger partial charge in [0.1, 0.15) is 5.82 Å². The second-order valence-electron chi connectivity index (χ2n) is 6.77. The number of benzene rings is 1. The fourth-order valence-corrected chi connectivity index (χ4v) is 3.25. The number of amides is 1. The van der Waals surface area contributed by atoms with E-state index in [1.165, 1.54) is 12.1 Å². The molecule has 6 nitrogen and oxygen atoms in total. The van der Waals surface area contributed by atoms with E-state index < -0.39 is 0 Å². The summed E-state index contributed by atoms with van der Waals surface area (Å²) in [7, 11) is 1.64. The molecular weight excluding hydrogens is 359 g/mol. The quantitative estimate of drug-likeness (QED) is 0.606. The van der Waals surface area contributed by atoms with E-state index in [2.05, 4.69) is 15.4 Å². The molecule has 0 bridgehead atoms. The molecule has 0 atom stereocenters. The van der Waals surface area contributed by atoms with Gasteiger partial charge in [-0.3, -0.25) is 4.79 Å². The summed E-state index contributed by atoms with van der Waals surface area (Å²) in [6.45, 7) is 5.15. The highest BCUT2D eigenvalue weighted by Crippen LogP contribution is 2.23. The second kappa shape index (κ2) is 8.93. The van der Waals surface area contributed by atoms with E-state index in [4.69, 9.17) is 4.74 Å². The molecule has 0 fully saturated rings. The fourth-order valence-electron chi connectivity index (χ4n) is 3.25. The lowest BCUT2D eigenvalue weighted by atomic mass is 10.1. The standard InChI is InChI=1S/C21H25FN4O2/c1-14-18(8-9-21(27)23-10-5-11-28-3)15(2)26-20(24-14)13-19(25-26)16-6-4-7-17(22)12-16/h4,6-7,12-13H,5,8-11H2,1-3H3,(H,23,27). The number of methoxy groups -OCH3 is 1. The highest BCUT2D eigenvalue weighted by atomic mass is 19.1. The van der Waals surface area contributed by atoms with E-state index in [9.17, 15) is 9.18 Å². The number of carbonyl (C=O) groups is 1. The molecule has 0 saturated heterocycles. The van der Waals surface area contributed by atoms with Crippen LogP contribution in [0.3, 0.4) is 0 Å². The molecule has 1 N–H and O–H groups in total. The van der Waals surface area contributed by atoms with Gasteiger partial charge >= 0.3 is 0 Å². The van der Waals surface area contributed by atoms with Gasteiger partial charge in [-0.25, -0.2) is 13.9 Å². The second-order valence-corrected chi connectivity index (χ2v) is 6.77. The number of aryl methyl sites for hydroxylation is 2. The van der Waals surface area contributed by atoms with Crippen molar-refractivity contribution in [3.8, 4) is 11.3 Å². The van der Waals surface area contributed by atoms with E-state index in [0.717, 1.165) is 23.4 Å². The van der Waals surface area contributed by atoms with E-state index in [1.807, 2.05) is 26.0 Å². The molecule has 0 aliphatic heterocycles. The first-order valence-corrected chi connectivity index (χ1v) is 9.37. The third-order valence-corrected chi connectivity index (χ3v) is 4.73. The molecule has 7 heteroatoms. The monoisotopic (exact) mass is 384 g/mol. The normalized spacial score (nSPS) is 11.1. The Kier molecular flexibility index (Phi) is 6.36. The Morgan fingerprint density at radius 3 is 2.86 bits per heavy atom. The molecule has 0 aliphatic rings. The van der Waals surface area contributed by atoms with Gasteiger partial charge < -0.3 is 10.1 Å². The summed E-state index contributed by atoms with van der Waals surface area (Å²) in [5.74, 6) is -0.288. The van der Waals surface area contributed by atoms with Crippen LogP contribution in [0.5, 0.6) is 0 Å². The average molecular weight is 384 g/mol. The minimum atomic E-state index is -0.299. The number of rotatable bonds is 8. The van der Waals surface area contributed by atoms with Crippen LogP contribution in [-0.2, 0) is 16.0 Å². The summed E-state index contributed by atoms with van der Waals surface area (Å²) < 4.78 is 20.3. The third kappa shape index (κ3) is 4.54. The maximum Gasteiger partial charge on any atom is 0.220 e. The lowest BCUT2D eigenvalue weighted by molar-refractivity contribution is -0.121. The molecule has 0 radical (unpaired) electrons. The number of aromatic nitrogens is 3. The predicted molar refractivity (Wildman–Crippen MR) is 106 cm³/mol. The van der Waals surface area contributed by atoms with E-state index in [0.29, 0.717) is 42.9 Å². The summed E-state index contributed by atoms with van der Waals surface area (Å²) in [4.78, 5) is 16.7.